The van der Waals surface area contributed by atoms with Gasteiger partial charge in [0, 0.05) is 18.7 Å². The average molecular weight is 378 g/mol. The predicted octanol–water partition coefficient (Wildman–Crippen LogP) is 2.94. The summed E-state index contributed by atoms with van der Waals surface area (Å²) in [5.41, 5.74) is 15.2. The van der Waals surface area contributed by atoms with Crippen LogP contribution < -0.4 is 17.0 Å². The van der Waals surface area contributed by atoms with E-state index in [1.807, 2.05) is 44.2 Å². The van der Waals surface area contributed by atoms with Crippen molar-refractivity contribution in [3.8, 4) is 11.1 Å². The maximum absolute atomic E-state index is 11.8. The minimum absolute atomic E-state index is 0.157. The number of nitrogens with zero attached hydrogens (tertiary/aromatic N) is 2. The molecule has 0 aliphatic carbocycles. The molecule has 0 saturated heterocycles. The van der Waals surface area contributed by atoms with E-state index in [0.717, 1.165) is 23.1 Å². The molecule has 1 amide bonds. The number of nitrogens with two attached hydrogens (primary N) is 2. The third kappa shape index (κ3) is 5.07. The summed E-state index contributed by atoms with van der Waals surface area (Å²) in [6, 6.07) is 16.8. The normalized spacial score (nSPS) is 10.1. The molecule has 0 spiro atoms. The van der Waals surface area contributed by atoms with Gasteiger partial charge in [-0.3, -0.25) is 14.2 Å². The Kier molecular flexibility index (Phi) is 7.09. The summed E-state index contributed by atoms with van der Waals surface area (Å²) in [5.74, 6) is -0.220. The van der Waals surface area contributed by atoms with Crippen molar-refractivity contribution in [3.63, 3.8) is 0 Å². The number of rotatable bonds is 5. The number of hydrogen-bond donors (Lipinski definition) is 2. The largest absolute Gasteiger partial charge is 0.369 e. The Morgan fingerprint density at radius 3 is 2.29 bits per heavy atom. The number of hydrogen-bond acceptors (Lipinski definition) is 4. The van der Waals surface area contributed by atoms with Gasteiger partial charge in [0.1, 0.15) is 0 Å². The topological polar surface area (TPSA) is 104 Å². The molecule has 1 aromatic heterocycles. The van der Waals surface area contributed by atoms with Crippen LogP contribution in [0.25, 0.3) is 11.1 Å². The molecule has 0 fully saturated rings. The van der Waals surface area contributed by atoms with Crippen molar-refractivity contribution in [1.82, 2.24) is 9.55 Å². The van der Waals surface area contributed by atoms with Crippen LogP contribution in [0, 0.1) is 0 Å². The van der Waals surface area contributed by atoms with Crippen LogP contribution in [-0.2, 0) is 19.9 Å². The quantitative estimate of drug-likeness (QED) is 0.712. The Morgan fingerprint density at radius 1 is 1.00 bits per heavy atom. The molecule has 1 heterocycles. The lowest BCUT2D eigenvalue weighted by atomic mass is 9.99. The van der Waals surface area contributed by atoms with Crippen molar-refractivity contribution in [1.29, 1.82) is 0 Å². The highest BCUT2D eigenvalue weighted by Crippen LogP contribution is 2.21. The van der Waals surface area contributed by atoms with E-state index in [9.17, 15) is 9.59 Å². The van der Waals surface area contributed by atoms with Gasteiger partial charge in [-0.2, -0.15) is 0 Å². The van der Waals surface area contributed by atoms with Gasteiger partial charge < -0.3 is 11.5 Å². The maximum Gasteiger partial charge on any atom is 0.254 e. The molecule has 0 saturated carbocycles. The number of benzene rings is 2. The smallest absolute Gasteiger partial charge is 0.254 e. The molecular formula is C22H26N4O2. The number of aromatic nitrogens is 2. The molecule has 0 aliphatic heterocycles. The third-order valence-corrected chi connectivity index (χ3v) is 4.32. The second-order valence-corrected chi connectivity index (χ2v) is 6.14. The molecule has 0 atom stereocenters. The Labute approximate surface area is 164 Å². The summed E-state index contributed by atoms with van der Waals surface area (Å²) >= 11 is 0. The highest BCUT2D eigenvalue weighted by atomic mass is 16.1. The Hall–Kier alpha value is -3.41. The van der Waals surface area contributed by atoms with E-state index in [0.29, 0.717) is 17.7 Å². The predicted molar refractivity (Wildman–Crippen MR) is 113 cm³/mol. The van der Waals surface area contributed by atoms with Gasteiger partial charge in [-0.25, -0.2) is 4.98 Å². The fraction of sp³-hybridized carbons (Fsp3) is 0.227. The fourth-order valence-corrected chi connectivity index (χ4v) is 2.74. The summed E-state index contributed by atoms with van der Waals surface area (Å²) in [4.78, 5) is 27.2. The molecule has 3 rings (SSSR count). The van der Waals surface area contributed by atoms with Crippen LogP contribution in [0.4, 0.5) is 5.95 Å². The first-order valence-corrected chi connectivity index (χ1v) is 9.25. The molecule has 0 radical (unpaired) electrons. The summed E-state index contributed by atoms with van der Waals surface area (Å²) in [7, 11) is 1.60. The Balaban J connectivity index is 0.00000136. The summed E-state index contributed by atoms with van der Waals surface area (Å²) in [5, 5.41) is 0. The van der Waals surface area contributed by atoms with Gasteiger partial charge in [0.05, 0.1) is 5.69 Å². The summed E-state index contributed by atoms with van der Waals surface area (Å²) < 4.78 is 1.32. The molecule has 28 heavy (non-hydrogen) atoms. The minimum atomic E-state index is -0.439. The molecule has 2 aromatic carbocycles. The van der Waals surface area contributed by atoms with Crippen LogP contribution in [0.3, 0.4) is 0 Å². The van der Waals surface area contributed by atoms with Crippen molar-refractivity contribution < 1.29 is 4.79 Å². The molecule has 146 valence electrons. The number of nitrogen functional groups attached to an aromatic ring is 1. The van der Waals surface area contributed by atoms with Crippen LogP contribution in [0.5, 0.6) is 0 Å². The summed E-state index contributed by atoms with van der Waals surface area (Å²) in [6.07, 6.45) is 1.37. The second-order valence-electron chi connectivity index (χ2n) is 6.14. The second kappa shape index (κ2) is 9.50. The van der Waals surface area contributed by atoms with Gasteiger partial charge in [0.15, 0.2) is 0 Å². The van der Waals surface area contributed by atoms with Crippen molar-refractivity contribution in [2.75, 3.05) is 5.73 Å². The first kappa shape index (κ1) is 20.9. The molecule has 0 unspecified atom stereocenters. The van der Waals surface area contributed by atoms with E-state index in [4.69, 9.17) is 11.5 Å². The molecule has 3 aromatic rings. The highest BCUT2D eigenvalue weighted by molar-refractivity contribution is 5.93. The van der Waals surface area contributed by atoms with E-state index < -0.39 is 5.91 Å². The van der Waals surface area contributed by atoms with Crippen molar-refractivity contribution in [2.24, 2.45) is 12.8 Å². The van der Waals surface area contributed by atoms with Crippen LogP contribution in [0.15, 0.2) is 59.4 Å². The van der Waals surface area contributed by atoms with Crippen molar-refractivity contribution >= 4 is 11.9 Å². The lowest BCUT2D eigenvalue weighted by Crippen LogP contribution is -2.21. The first-order valence-electron chi connectivity index (χ1n) is 9.25. The van der Waals surface area contributed by atoms with Gasteiger partial charge >= 0.3 is 0 Å². The van der Waals surface area contributed by atoms with E-state index in [-0.39, 0.29) is 11.5 Å². The zero-order valence-electron chi connectivity index (χ0n) is 16.5. The third-order valence-electron chi connectivity index (χ3n) is 4.32. The van der Waals surface area contributed by atoms with E-state index in [2.05, 4.69) is 11.1 Å². The molecule has 0 bridgehead atoms. The SMILES string of the molecule is CC.Cn1c(N)nc(CCc2cccc(-c3ccc(C(N)=O)cc3)c2)cc1=O. The molecule has 6 heteroatoms. The summed E-state index contributed by atoms with van der Waals surface area (Å²) in [6.45, 7) is 4.00. The lowest BCUT2D eigenvalue weighted by Gasteiger charge is -2.08. The van der Waals surface area contributed by atoms with Gasteiger partial charge in [0.2, 0.25) is 11.9 Å². The van der Waals surface area contributed by atoms with Crippen LogP contribution in [-0.4, -0.2) is 15.5 Å². The fourth-order valence-electron chi connectivity index (χ4n) is 2.74. The van der Waals surface area contributed by atoms with Gasteiger partial charge in [-0.1, -0.05) is 50.2 Å². The first-order chi connectivity index (χ1) is 13.4. The zero-order chi connectivity index (χ0) is 20.7. The van der Waals surface area contributed by atoms with E-state index >= 15 is 0 Å². The zero-order valence-corrected chi connectivity index (χ0v) is 16.5. The lowest BCUT2D eigenvalue weighted by molar-refractivity contribution is 0.100. The van der Waals surface area contributed by atoms with Gasteiger partial charge in [-0.05, 0) is 41.7 Å². The number of amides is 1. The number of carbonyl (C=O) groups excluding carboxylic acids is 1. The molecule has 4 N–H and O–H groups in total. The Bertz CT molecular complexity index is 1010. The number of primary amides is 1. The highest BCUT2D eigenvalue weighted by Gasteiger charge is 2.05. The minimum Gasteiger partial charge on any atom is -0.369 e. The van der Waals surface area contributed by atoms with E-state index in [1.165, 1.54) is 10.6 Å². The van der Waals surface area contributed by atoms with Crippen molar-refractivity contribution in [3.05, 3.63) is 81.8 Å². The van der Waals surface area contributed by atoms with Crippen LogP contribution in [0.2, 0.25) is 0 Å². The van der Waals surface area contributed by atoms with Crippen LogP contribution >= 0.6 is 0 Å². The standard InChI is InChI=1S/C20H20N4O2.C2H6/c1-24-18(25)12-17(23-20(24)22)10-5-13-3-2-4-16(11-13)14-6-8-15(9-7-14)19(21)26;1-2/h2-4,6-9,11-12H,5,10H2,1H3,(H2,21,26)(H2,22,23);1-2H3. The van der Waals surface area contributed by atoms with E-state index in [1.54, 1.807) is 19.2 Å². The molecule has 6 nitrogen and oxygen atoms in total. The number of anilines is 1. The monoisotopic (exact) mass is 378 g/mol. The van der Waals surface area contributed by atoms with Crippen molar-refractivity contribution in [2.45, 2.75) is 26.7 Å². The van der Waals surface area contributed by atoms with Gasteiger partial charge in [-0.15, -0.1) is 0 Å². The molecule has 0 aliphatic rings. The van der Waals surface area contributed by atoms with Crippen LogP contribution in [0.1, 0.15) is 35.5 Å². The average Bonchev–Trinajstić information content (AvgIpc) is 2.72. The number of aryl methyl sites for hydroxylation is 2. The van der Waals surface area contributed by atoms with Gasteiger partial charge in [0.25, 0.3) is 5.56 Å². The maximum atomic E-state index is 11.8. The number of carbonyl (C=O) groups is 1. The Morgan fingerprint density at radius 2 is 1.68 bits per heavy atom. The molecular weight excluding hydrogens is 352 g/mol.